The quantitative estimate of drug-likeness (QED) is 0.139. The van der Waals surface area contributed by atoms with E-state index in [2.05, 4.69) is 22.1 Å². The van der Waals surface area contributed by atoms with Gasteiger partial charge in [0.05, 0.1) is 17.8 Å². The number of carbonyl (C=O) groups excluding carboxylic acids is 3. The number of nitrogens with two attached hydrogens (primary N) is 1. The Morgan fingerprint density at radius 1 is 1.12 bits per heavy atom. The molecule has 50 heavy (non-hydrogen) atoms. The Balaban J connectivity index is 1.60. The third-order valence-corrected chi connectivity index (χ3v) is 11.4. The Morgan fingerprint density at radius 3 is 2.44 bits per heavy atom. The molecule has 0 unspecified atom stereocenters. The van der Waals surface area contributed by atoms with Gasteiger partial charge in [-0.2, -0.15) is 0 Å². The third kappa shape index (κ3) is 7.85. The number of carbonyl (C=O) groups is 3. The van der Waals surface area contributed by atoms with Crippen molar-refractivity contribution in [1.82, 2.24) is 24.8 Å². The number of ketones is 1. The number of aromatic nitrogens is 3. The van der Waals surface area contributed by atoms with Crippen LogP contribution in [0.15, 0.2) is 30.5 Å². The number of aryl methyl sites for hydroxylation is 1. The highest BCUT2D eigenvalue weighted by Gasteiger charge is 2.60. The Hall–Kier alpha value is -3.52. The van der Waals surface area contributed by atoms with Crippen LogP contribution in [-0.2, 0) is 30.3 Å². The molecule has 2 N–H and O–H groups in total. The zero-order valence-corrected chi connectivity index (χ0v) is 31.4. The number of amides is 1. The summed E-state index contributed by atoms with van der Waals surface area (Å²) in [4.78, 5) is 44.8. The van der Waals surface area contributed by atoms with Gasteiger partial charge in [-0.25, -0.2) is 14.0 Å². The molecule has 3 heterocycles. The minimum Gasteiger partial charge on any atom is -0.455 e. The molecule has 1 amide bonds. The molecule has 0 spiro atoms. The summed E-state index contributed by atoms with van der Waals surface area (Å²) in [6, 6.07) is 6.67. The molecule has 2 saturated heterocycles. The van der Waals surface area contributed by atoms with E-state index in [9.17, 15) is 14.4 Å². The Morgan fingerprint density at radius 2 is 1.80 bits per heavy atom. The average Bonchev–Trinajstić information content (AvgIpc) is 3.64. The van der Waals surface area contributed by atoms with Crippen LogP contribution in [0.4, 0.5) is 14.9 Å². The number of Topliss-reactive ketones (excluding diaryl/α,β-unsaturated/α-hetero) is 1. The van der Waals surface area contributed by atoms with Crippen molar-refractivity contribution in [1.29, 1.82) is 0 Å². The second-order valence-corrected chi connectivity index (χ2v) is 15.1. The smallest absolute Gasteiger partial charge is 0.410 e. The predicted octanol–water partition coefficient (Wildman–Crippen LogP) is 4.33. The lowest BCUT2D eigenvalue weighted by Crippen LogP contribution is -2.61. The molecule has 0 bridgehead atoms. The zero-order chi connectivity index (χ0) is 37.2. The Kier molecular flexibility index (Phi) is 12.1. The number of fused-ring (bicyclic) bond motifs is 1. The van der Waals surface area contributed by atoms with Gasteiger partial charge in [0.2, 0.25) is 0 Å². The third-order valence-electron chi connectivity index (χ3n) is 11.4. The first-order valence-electron chi connectivity index (χ1n) is 17.8. The van der Waals surface area contributed by atoms with Gasteiger partial charge in [-0.05, 0) is 84.3 Å². The summed E-state index contributed by atoms with van der Waals surface area (Å²) in [5.41, 5.74) is 3.18. The maximum Gasteiger partial charge on any atom is 0.410 e. The zero-order valence-electron chi connectivity index (χ0n) is 31.4. The van der Waals surface area contributed by atoms with Crippen molar-refractivity contribution in [2.75, 3.05) is 33.0 Å². The predicted molar refractivity (Wildman–Crippen MR) is 192 cm³/mol. The van der Waals surface area contributed by atoms with E-state index in [1.54, 1.807) is 37.5 Å². The molecule has 14 heteroatoms. The number of esters is 1. The number of rotatable bonds is 8. The minimum atomic E-state index is -2.91. The maximum absolute atomic E-state index is 16.3. The van der Waals surface area contributed by atoms with Crippen molar-refractivity contribution in [2.24, 2.45) is 11.8 Å². The van der Waals surface area contributed by atoms with Crippen LogP contribution >= 0.6 is 0 Å². The molecule has 2 aromatic rings. The number of alkyl halides is 1. The topological polar surface area (TPSA) is 142 Å². The van der Waals surface area contributed by atoms with E-state index in [1.165, 1.54) is 0 Å². The summed E-state index contributed by atoms with van der Waals surface area (Å²) in [7, 11) is 5.47. The minimum absolute atomic E-state index is 0.108. The standard InChI is InChI=1S/C36H56BFN6O6/c1-10-28-36(7)30(44(33(47)50-36)17-12-11-16-43-21-27(40-41-43)25-14-13-15-26(39)18-25)24(4)42(8)20-22(2)19-34(5,48-9)29(37)23(3)31(45)35(6,38)32(46)49-28/h13-15,18,21-24,28-30H,10-12,16-17,19-20,37,39H2,1-9H3/t22-,23-,24-,28-,29-,30-,34-,35+,36-/m1/s1. The van der Waals surface area contributed by atoms with Gasteiger partial charge in [0.1, 0.15) is 19.6 Å². The van der Waals surface area contributed by atoms with E-state index in [1.807, 2.05) is 59.2 Å². The summed E-state index contributed by atoms with van der Waals surface area (Å²) in [5.74, 6) is -3.26. The van der Waals surface area contributed by atoms with Crippen LogP contribution in [0.25, 0.3) is 11.3 Å². The van der Waals surface area contributed by atoms with Crippen molar-refractivity contribution in [2.45, 2.75) is 122 Å². The first kappa shape index (κ1) is 39.3. The van der Waals surface area contributed by atoms with Gasteiger partial charge in [-0.3, -0.25) is 14.4 Å². The molecular weight excluding hydrogens is 642 g/mol. The van der Waals surface area contributed by atoms with Crippen molar-refractivity contribution in [3.8, 4) is 11.3 Å². The number of hydrogen-bond acceptors (Lipinski definition) is 10. The summed E-state index contributed by atoms with van der Waals surface area (Å²) < 4.78 is 36.0. The number of halogens is 1. The highest BCUT2D eigenvalue weighted by Crippen LogP contribution is 2.42. The lowest BCUT2D eigenvalue weighted by molar-refractivity contribution is -0.180. The van der Waals surface area contributed by atoms with Gasteiger partial charge in [-0.15, -0.1) is 5.10 Å². The number of benzene rings is 1. The number of nitrogen functional groups attached to an aromatic ring is 1. The van der Waals surface area contributed by atoms with E-state index in [0.717, 1.165) is 18.2 Å². The molecule has 12 nitrogen and oxygen atoms in total. The van der Waals surface area contributed by atoms with Crippen LogP contribution in [0.3, 0.4) is 0 Å². The van der Waals surface area contributed by atoms with E-state index >= 15 is 4.39 Å². The van der Waals surface area contributed by atoms with Gasteiger partial charge >= 0.3 is 12.1 Å². The molecule has 2 aliphatic rings. The number of cyclic esters (lactones) is 1. The van der Waals surface area contributed by atoms with Crippen LogP contribution in [0.1, 0.15) is 74.1 Å². The van der Waals surface area contributed by atoms with Crippen LogP contribution in [0.2, 0.25) is 5.82 Å². The van der Waals surface area contributed by atoms with E-state index < -0.39 is 58.6 Å². The molecule has 276 valence electrons. The van der Waals surface area contributed by atoms with Crippen molar-refractivity contribution in [3.63, 3.8) is 0 Å². The SMILES string of the molecule is B[C@@H]1[C@@H](C)C(=O)[C@](C)(F)C(=O)O[C@H](CC)[C@@]2(C)OC(=O)N(CCCCn3cc(-c4cccc(N)c4)nn3)[C@@H]2[C@@H](C)N(C)C[C@H](C)C[C@@]1(C)OC. The van der Waals surface area contributed by atoms with Crippen LogP contribution < -0.4 is 5.73 Å². The first-order chi connectivity index (χ1) is 23.4. The van der Waals surface area contributed by atoms with Gasteiger partial charge in [0.25, 0.3) is 5.67 Å². The Bertz CT molecular complexity index is 1530. The molecule has 2 fully saturated rings. The lowest BCUT2D eigenvalue weighted by atomic mass is 9.62. The molecule has 1 aromatic carbocycles. The molecule has 9 atom stereocenters. The van der Waals surface area contributed by atoms with Crippen LogP contribution in [0.5, 0.6) is 0 Å². The first-order valence-corrected chi connectivity index (χ1v) is 17.8. The number of nitrogens with zero attached hydrogens (tertiary/aromatic N) is 5. The van der Waals surface area contributed by atoms with Crippen molar-refractivity contribution >= 4 is 31.4 Å². The normalized spacial score (nSPS) is 34.8. The highest BCUT2D eigenvalue weighted by molar-refractivity contribution is 6.17. The fraction of sp³-hybridized carbons (Fsp3) is 0.694. The summed E-state index contributed by atoms with van der Waals surface area (Å²) in [5, 5.41) is 8.55. The summed E-state index contributed by atoms with van der Waals surface area (Å²) in [6.07, 6.45) is 2.51. The van der Waals surface area contributed by atoms with E-state index in [-0.39, 0.29) is 18.4 Å². The number of likely N-dealkylation sites (N-methyl/N-ethyl adjacent to an activating group) is 1. The monoisotopic (exact) mass is 698 g/mol. The molecule has 1 aromatic heterocycles. The number of anilines is 1. The van der Waals surface area contributed by atoms with Gasteiger partial charge in [0.15, 0.2) is 11.4 Å². The summed E-state index contributed by atoms with van der Waals surface area (Å²) >= 11 is 0. The second-order valence-electron chi connectivity index (χ2n) is 15.1. The average molecular weight is 699 g/mol. The largest absolute Gasteiger partial charge is 0.455 e. The number of methoxy groups -OCH3 is 1. The van der Waals surface area contributed by atoms with Crippen molar-refractivity contribution in [3.05, 3.63) is 30.5 Å². The molecule has 2 aliphatic heterocycles. The fourth-order valence-corrected chi connectivity index (χ4v) is 7.99. The number of ether oxygens (including phenoxy) is 3. The van der Waals surface area contributed by atoms with E-state index in [0.29, 0.717) is 44.6 Å². The summed E-state index contributed by atoms with van der Waals surface area (Å²) in [6.45, 7) is 13.9. The van der Waals surface area contributed by atoms with Crippen LogP contribution in [-0.4, -0.2) is 113 Å². The highest BCUT2D eigenvalue weighted by atomic mass is 19.1. The van der Waals surface area contributed by atoms with Gasteiger partial charge in [-0.1, -0.05) is 38.1 Å². The number of hydrogen-bond donors (Lipinski definition) is 1. The number of unbranched alkanes of at least 4 members (excludes halogenated alkanes) is 1. The molecule has 4 rings (SSSR count). The Labute approximate surface area is 296 Å². The molecule has 0 aliphatic carbocycles. The fourth-order valence-electron chi connectivity index (χ4n) is 7.99. The lowest BCUT2D eigenvalue weighted by Gasteiger charge is -2.44. The van der Waals surface area contributed by atoms with Gasteiger partial charge in [0, 0.05) is 50.0 Å². The van der Waals surface area contributed by atoms with Crippen LogP contribution in [0, 0.1) is 11.8 Å². The second kappa shape index (κ2) is 15.4. The molecule has 0 saturated carbocycles. The van der Waals surface area contributed by atoms with Gasteiger partial charge < -0.3 is 24.8 Å². The van der Waals surface area contributed by atoms with E-state index in [4.69, 9.17) is 19.9 Å². The molecule has 0 radical (unpaired) electrons. The maximum atomic E-state index is 16.3. The van der Waals surface area contributed by atoms with Crippen molar-refractivity contribution < 1.29 is 33.0 Å². The molecular formula is C36H56BFN6O6.